The Hall–Kier alpha value is -3.83. The summed E-state index contributed by atoms with van der Waals surface area (Å²) in [5.74, 6) is -0.555. The first-order valence-corrected chi connectivity index (χ1v) is 12.3. The molecular formula is C30H28ClNO4. The summed E-state index contributed by atoms with van der Waals surface area (Å²) >= 11 is 6.43. The number of aryl methyl sites for hydroxylation is 2. The predicted octanol–water partition coefficient (Wildman–Crippen LogP) is 6.17. The summed E-state index contributed by atoms with van der Waals surface area (Å²) in [4.78, 5) is 23.9. The van der Waals surface area contributed by atoms with Gasteiger partial charge in [-0.2, -0.15) is 0 Å². The van der Waals surface area contributed by atoms with E-state index in [0.717, 1.165) is 22.3 Å². The first-order chi connectivity index (χ1) is 17.4. The Bertz CT molecular complexity index is 1330. The number of hydrogen-bond acceptors (Lipinski definition) is 3. The van der Waals surface area contributed by atoms with E-state index < -0.39 is 12.1 Å². The van der Waals surface area contributed by atoms with E-state index in [4.69, 9.17) is 21.4 Å². The predicted molar refractivity (Wildman–Crippen MR) is 142 cm³/mol. The lowest BCUT2D eigenvalue weighted by atomic mass is 9.86. The summed E-state index contributed by atoms with van der Waals surface area (Å²) in [5, 5.41) is 9.26. The van der Waals surface area contributed by atoms with E-state index in [0.29, 0.717) is 25.1 Å². The minimum absolute atomic E-state index is 0.0539. The molecule has 184 valence electrons. The van der Waals surface area contributed by atoms with Gasteiger partial charge in [0.1, 0.15) is 10.8 Å². The van der Waals surface area contributed by atoms with Gasteiger partial charge >= 0.3 is 5.97 Å². The summed E-state index contributed by atoms with van der Waals surface area (Å²) < 4.78 is 7.15. The number of carboxylic acid groups (broad SMARTS) is 1. The standard InChI is InChI=1S/C30H28ClNO4/c1-21(30(34)35)36-26-16-8-10-22(18-26)11-9-17-32-20-25(19-27(31)29(32)33)28(23-12-4-2-5-13-23)24-14-6-3-7-15-24/h2-8,10,12-16,18-21,28H,9,11,17H2,1H3,(H,34,35)/t21-/m0/s1. The second kappa shape index (κ2) is 11.7. The van der Waals surface area contributed by atoms with Crippen molar-refractivity contribution in [3.63, 3.8) is 0 Å². The molecule has 0 amide bonds. The Morgan fingerprint density at radius 2 is 1.56 bits per heavy atom. The molecule has 36 heavy (non-hydrogen) atoms. The second-order valence-corrected chi connectivity index (χ2v) is 9.13. The van der Waals surface area contributed by atoms with Gasteiger partial charge < -0.3 is 14.4 Å². The van der Waals surface area contributed by atoms with E-state index in [1.54, 1.807) is 16.7 Å². The molecule has 0 aliphatic rings. The van der Waals surface area contributed by atoms with Crippen LogP contribution >= 0.6 is 11.6 Å². The summed E-state index contributed by atoms with van der Waals surface area (Å²) in [6.07, 6.45) is 2.39. The number of halogens is 1. The minimum atomic E-state index is -1.01. The van der Waals surface area contributed by atoms with Gasteiger partial charge in [0.25, 0.3) is 5.56 Å². The number of pyridine rings is 1. The fourth-order valence-corrected chi connectivity index (χ4v) is 4.53. The molecule has 0 saturated heterocycles. The third-order valence-corrected chi connectivity index (χ3v) is 6.36. The molecule has 3 aromatic carbocycles. The zero-order valence-corrected chi connectivity index (χ0v) is 20.8. The lowest BCUT2D eigenvalue weighted by molar-refractivity contribution is -0.144. The summed E-state index contributed by atoms with van der Waals surface area (Å²) in [6.45, 7) is 2.00. The largest absolute Gasteiger partial charge is 0.479 e. The maximum Gasteiger partial charge on any atom is 0.344 e. The molecule has 4 aromatic rings. The van der Waals surface area contributed by atoms with E-state index in [1.165, 1.54) is 6.92 Å². The van der Waals surface area contributed by atoms with Gasteiger partial charge in [-0.3, -0.25) is 4.79 Å². The first-order valence-electron chi connectivity index (χ1n) is 11.9. The van der Waals surface area contributed by atoms with E-state index in [2.05, 4.69) is 24.3 Å². The van der Waals surface area contributed by atoms with Gasteiger partial charge in [0.2, 0.25) is 0 Å². The van der Waals surface area contributed by atoms with Crippen molar-refractivity contribution < 1.29 is 14.6 Å². The van der Waals surface area contributed by atoms with Crippen LogP contribution in [0.2, 0.25) is 5.02 Å². The molecule has 5 nitrogen and oxygen atoms in total. The van der Waals surface area contributed by atoms with Crippen molar-refractivity contribution >= 4 is 17.6 Å². The summed E-state index contributed by atoms with van der Waals surface area (Å²) in [5.41, 5.74) is 3.99. The lowest BCUT2D eigenvalue weighted by Gasteiger charge is -2.20. The highest BCUT2D eigenvalue weighted by atomic mass is 35.5. The van der Waals surface area contributed by atoms with E-state index in [-0.39, 0.29) is 16.5 Å². The SMILES string of the molecule is C[C@H](Oc1cccc(CCCn2cc(C(c3ccccc3)c3ccccc3)cc(Cl)c2=O)c1)C(=O)O. The van der Waals surface area contributed by atoms with Crippen molar-refractivity contribution in [1.82, 2.24) is 4.57 Å². The van der Waals surface area contributed by atoms with Crippen molar-refractivity contribution in [3.8, 4) is 5.75 Å². The number of benzene rings is 3. The molecule has 1 N–H and O–H groups in total. The fourth-order valence-electron chi connectivity index (χ4n) is 4.30. The van der Waals surface area contributed by atoms with Gasteiger partial charge in [-0.25, -0.2) is 4.79 Å². The molecule has 0 unspecified atom stereocenters. The minimum Gasteiger partial charge on any atom is -0.479 e. The third kappa shape index (κ3) is 6.23. The Labute approximate surface area is 215 Å². The highest BCUT2D eigenvalue weighted by molar-refractivity contribution is 6.30. The van der Waals surface area contributed by atoms with Crippen molar-refractivity contribution in [3.05, 3.63) is 135 Å². The highest BCUT2D eigenvalue weighted by Gasteiger charge is 2.19. The van der Waals surface area contributed by atoms with Crippen LogP contribution in [0.3, 0.4) is 0 Å². The number of ether oxygens (including phenoxy) is 1. The van der Waals surface area contributed by atoms with Crippen molar-refractivity contribution in [2.24, 2.45) is 0 Å². The Morgan fingerprint density at radius 3 is 2.17 bits per heavy atom. The molecule has 1 aromatic heterocycles. The van der Waals surface area contributed by atoms with E-state index in [9.17, 15) is 9.59 Å². The van der Waals surface area contributed by atoms with Gasteiger partial charge in [0.15, 0.2) is 6.10 Å². The maximum atomic E-state index is 12.9. The molecular weight excluding hydrogens is 474 g/mol. The zero-order chi connectivity index (χ0) is 25.5. The topological polar surface area (TPSA) is 68.5 Å². The van der Waals surface area contributed by atoms with Gasteiger partial charge in [0, 0.05) is 18.7 Å². The van der Waals surface area contributed by atoms with Crippen LogP contribution < -0.4 is 10.3 Å². The number of nitrogens with zero attached hydrogens (tertiary/aromatic N) is 1. The molecule has 0 saturated carbocycles. The Morgan fingerprint density at radius 1 is 0.917 bits per heavy atom. The first kappa shape index (κ1) is 25.3. The second-order valence-electron chi connectivity index (χ2n) is 8.72. The Balaban J connectivity index is 1.55. The molecule has 1 heterocycles. The monoisotopic (exact) mass is 501 g/mol. The average Bonchev–Trinajstić information content (AvgIpc) is 2.88. The van der Waals surface area contributed by atoms with E-state index >= 15 is 0 Å². The quantitative estimate of drug-likeness (QED) is 0.282. The number of hydrogen-bond donors (Lipinski definition) is 1. The molecule has 0 bridgehead atoms. The van der Waals surface area contributed by atoms with Crippen LogP contribution in [0.5, 0.6) is 5.75 Å². The van der Waals surface area contributed by atoms with E-state index in [1.807, 2.05) is 60.8 Å². The van der Waals surface area contributed by atoms with Crippen molar-refractivity contribution in [2.75, 3.05) is 0 Å². The van der Waals surface area contributed by atoms with Crippen molar-refractivity contribution in [1.29, 1.82) is 0 Å². The van der Waals surface area contributed by atoms with Crippen LogP contribution in [-0.2, 0) is 17.8 Å². The Kier molecular flexibility index (Phi) is 8.24. The molecule has 0 aliphatic carbocycles. The van der Waals surface area contributed by atoms with Crippen LogP contribution in [0, 0.1) is 0 Å². The van der Waals surface area contributed by atoms with Crippen LogP contribution in [0.15, 0.2) is 102 Å². The maximum absolute atomic E-state index is 12.9. The van der Waals surface area contributed by atoms with Gasteiger partial charge in [0.05, 0.1) is 0 Å². The van der Waals surface area contributed by atoms with Crippen LogP contribution in [0.1, 0.15) is 41.5 Å². The van der Waals surface area contributed by atoms with Crippen molar-refractivity contribution in [2.45, 2.75) is 38.3 Å². The number of carbonyl (C=O) groups is 1. The van der Waals surface area contributed by atoms with Crippen LogP contribution in [0.4, 0.5) is 0 Å². The number of aromatic nitrogens is 1. The summed E-state index contributed by atoms with van der Waals surface area (Å²) in [6, 6.07) is 29.5. The molecule has 0 radical (unpaired) electrons. The van der Waals surface area contributed by atoms with Crippen LogP contribution in [-0.4, -0.2) is 21.7 Å². The third-order valence-electron chi connectivity index (χ3n) is 6.09. The smallest absolute Gasteiger partial charge is 0.344 e. The molecule has 6 heteroatoms. The fraction of sp³-hybridized carbons (Fsp3) is 0.200. The lowest BCUT2D eigenvalue weighted by Crippen LogP contribution is -2.23. The van der Waals surface area contributed by atoms with Crippen LogP contribution in [0.25, 0.3) is 0 Å². The number of aliphatic carboxylic acids is 1. The molecule has 0 spiro atoms. The molecule has 1 atom stereocenters. The highest BCUT2D eigenvalue weighted by Crippen LogP contribution is 2.32. The summed E-state index contributed by atoms with van der Waals surface area (Å²) in [7, 11) is 0. The average molecular weight is 502 g/mol. The molecule has 0 aliphatic heterocycles. The van der Waals surface area contributed by atoms with Gasteiger partial charge in [-0.05, 0) is 60.2 Å². The molecule has 4 rings (SSSR count). The van der Waals surface area contributed by atoms with Gasteiger partial charge in [-0.15, -0.1) is 0 Å². The molecule has 0 fully saturated rings. The van der Waals surface area contributed by atoms with Gasteiger partial charge in [-0.1, -0.05) is 84.4 Å². The zero-order valence-electron chi connectivity index (χ0n) is 20.0. The normalized spacial score (nSPS) is 11.9. The number of rotatable bonds is 10. The number of carboxylic acids is 1.